The number of oxazole rings is 1. The number of hydrogen-bond donors (Lipinski definition) is 1. The van der Waals surface area contributed by atoms with E-state index < -0.39 is 0 Å². The van der Waals surface area contributed by atoms with E-state index in [4.69, 9.17) is 10.2 Å². The van der Waals surface area contributed by atoms with Gasteiger partial charge in [0.05, 0.1) is 0 Å². The molecule has 2 heterocycles. The van der Waals surface area contributed by atoms with Gasteiger partial charge in [0.15, 0.2) is 5.58 Å². The Kier molecular flexibility index (Phi) is 2.73. The van der Waals surface area contributed by atoms with Crippen LogP contribution in [-0.4, -0.2) is 24.6 Å². The van der Waals surface area contributed by atoms with Gasteiger partial charge in [-0.2, -0.15) is 4.98 Å². The van der Waals surface area contributed by atoms with Crippen LogP contribution < -0.4 is 10.6 Å². The molecule has 0 amide bonds. The molecule has 2 N–H and O–H groups in total. The lowest BCUT2D eigenvalue weighted by molar-refractivity contribution is 0.403. The van der Waals surface area contributed by atoms with Gasteiger partial charge in [-0.1, -0.05) is 12.1 Å². The van der Waals surface area contributed by atoms with E-state index in [0.717, 1.165) is 36.7 Å². The zero-order chi connectivity index (χ0) is 11.7. The average Bonchev–Trinajstić information content (AvgIpc) is 2.82. The highest BCUT2D eigenvalue weighted by Gasteiger charge is 2.22. The molecule has 1 atom stereocenters. The SMILES string of the molecule is NCC1CCCN(c2nc3ccccc3o2)C1. The number of hydrogen-bond acceptors (Lipinski definition) is 4. The number of nitrogens with two attached hydrogens (primary N) is 1. The Labute approximate surface area is 100 Å². The molecule has 1 aromatic carbocycles. The van der Waals surface area contributed by atoms with E-state index >= 15 is 0 Å². The Morgan fingerprint density at radius 1 is 1.41 bits per heavy atom. The summed E-state index contributed by atoms with van der Waals surface area (Å²) in [6.45, 7) is 2.73. The highest BCUT2D eigenvalue weighted by molar-refractivity contribution is 5.74. The van der Waals surface area contributed by atoms with E-state index in [9.17, 15) is 0 Å². The molecule has 1 aromatic heterocycles. The number of rotatable bonds is 2. The monoisotopic (exact) mass is 231 g/mol. The first-order valence-corrected chi connectivity index (χ1v) is 6.17. The van der Waals surface area contributed by atoms with E-state index in [1.165, 1.54) is 12.8 Å². The van der Waals surface area contributed by atoms with Gasteiger partial charge in [-0.15, -0.1) is 0 Å². The van der Waals surface area contributed by atoms with Crippen molar-refractivity contribution >= 4 is 17.1 Å². The molecular formula is C13H17N3O. The Balaban J connectivity index is 1.87. The molecule has 1 fully saturated rings. The van der Waals surface area contributed by atoms with Crippen molar-refractivity contribution in [3.63, 3.8) is 0 Å². The summed E-state index contributed by atoms with van der Waals surface area (Å²) >= 11 is 0. The van der Waals surface area contributed by atoms with Crippen LogP contribution in [0.1, 0.15) is 12.8 Å². The zero-order valence-electron chi connectivity index (χ0n) is 9.80. The molecule has 4 nitrogen and oxygen atoms in total. The number of anilines is 1. The van der Waals surface area contributed by atoms with Crippen molar-refractivity contribution < 1.29 is 4.42 Å². The molecule has 1 aliphatic heterocycles. The molecule has 0 radical (unpaired) electrons. The van der Waals surface area contributed by atoms with Gasteiger partial charge < -0.3 is 15.1 Å². The summed E-state index contributed by atoms with van der Waals surface area (Å²) < 4.78 is 5.77. The van der Waals surface area contributed by atoms with Crippen LogP contribution >= 0.6 is 0 Å². The molecule has 4 heteroatoms. The summed E-state index contributed by atoms with van der Waals surface area (Å²) in [7, 11) is 0. The van der Waals surface area contributed by atoms with Gasteiger partial charge in [0.2, 0.25) is 0 Å². The largest absolute Gasteiger partial charge is 0.423 e. The Morgan fingerprint density at radius 3 is 3.12 bits per heavy atom. The number of benzene rings is 1. The van der Waals surface area contributed by atoms with E-state index in [1.54, 1.807) is 0 Å². The Hall–Kier alpha value is -1.55. The molecule has 2 aromatic rings. The predicted molar refractivity (Wildman–Crippen MR) is 68.0 cm³/mol. The lowest BCUT2D eigenvalue weighted by atomic mass is 9.99. The van der Waals surface area contributed by atoms with Crippen LogP contribution in [-0.2, 0) is 0 Å². The van der Waals surface area contributed by atoms with Crippen LogP contribution in [0, 0.1) is 5.92 Å². The third-order valence-electron chi connectivity index (χ3n) is 3.41. The number of nitrogens with zero attached hydrogens (tertiary/aromatic N) is 2. The summed E-state index contributed by atoms with van der Waals surface area (Å²) in [5.74, 6) is 0.568. The first kappa shape index (κ1) is 10.6. The highest BCUT2D eigenvalue weighted by atomic mass is 16.4. The van der Waals surface area contributed by atoms with Crippen LogP contribution in [0.3, 0.4) is 0 Å². The van der Waals surface area contributed by atoms with Crippen molar-refractivity contribution in [3.05, 3.63) is 24.3 Å². The fraction of sp³-hybridized carbons (Fsp3) is 0.462. The maximum Gasteiger partial charge on any atom is 0.298 e. The molecule has 90 valence electrons. The molecule has 0 bridgehead atoms. The summed E-state index contributed by atoms with van der Waals surface area (Å²) in [5, 5.41) is 0. The van der Waals surface area contributed by atoms with Crippen molar-refractivity contribution in [3.8, 4) is 0 Å². The van der Waals surface area contributed by atoms with Gasteiger partial charge in [0.25, 0.3) is 6.01 Å². The molecule has 0 spiro atoms. The van der Waals surface area contributed by atoms with Crippen molar-refractivity contribution in [1.29, 1.82) is 0 Å². The fourth-order valence-corrected chi connectivity index (χ4v) is 2.43. The highest BCUT2D eigenvalue weighted by Crippen LogP contribution is 2.25. The van der Waals surface area contributed by atoms with Gasteiger partial charge in [0, 0.05) is 13.1 Å². The maximum atomic E-state index is 5.77. The van der Waals surface area contributed by atoms with Gasteiger partial charge in [-0.25, -0.2) is 0 Å². The van der Waals surface area contributed by atoms with E-state index in [1.807, 2.05) is 24.3 Å². The van der Waals surface area contributed by atoms with Gasteiger partial charge in [0.1, 0.15) is 5.52 Å². The molecule has 1 unspecified atom stereocenters. The predicted octanol–water partition coefficient (Wildman–Crippen LogP) is 2.00. The first-order valence-electron chi connectivity index (χ1n) is 6.17. The molecule has 0 aliphatic carbocycles. The quantitative estimate of drug-likeness (QED) is 0.859. The van der Waals surface area contributed by atoms with Gasteiger partial charge in [-0.05, 0) is 37.4 Å². The maximum absolute atomic E-state index is 5.77. The fourth-order valence-electron chi connectivity index (χ4n) is 2.43. The lowest BCUT2D eigenvalue weighted by Crippen LogP contribution is -2.38. The average molecular weight is 231 g/mol. The smallest absolute Gasteiger partial charge is 0.298 e. The van der Waals surface area contributed by atoms with Crippen molar-refractivity contribution in [2.24, 2.45) is 11.7 Å². The van der Waals surface area contributed by atoms with Gasteiger partial charge in [-0.3, -0.25) is 0 Å². The van der Waals surface area contributed by atoms with E-state index in [2.05, 4.69) is 9.88 Å². The molecule has 1 aliphatic rings. The van der Waals surface area contributed by atoms with Crippen LogP contribution in [0.2, 0.25) is 0 Å². The van der Waals surface area contributed by atoms with E-state index in [-0.39, 0.29) is 0 Å². The standard InChI is InChI=1S/C13H17N3O/c14-8-10-4-3-7-16(9-10)13-15-11-5-1-2-6-12(11)17-13/h1-2,5-6,10H,3-4,7-9,14H2. The van der Waals surface area contributed by atoms with E-state index in [0.29, 0.717) is 5.92 Å². The molecule has 3 rings (SSSR count). The molecule has 0 saturated carbocycles. The summed E-state index contributed by atoms with van der Waals surface area (Å²) in [6, 6.07) is 8.62. The normalized spacial score (nSPS) is 21.0. The number of piperidine rings is 1. The second-order valence-electron chi connectivity index (χ2n) is 4.65. The molecule has 1 saturated heterocycles. The summed E-state index contributed by atoms with van der Waals surface area (Å²) in [5.41, 5.74) is 7.53. The number of fused-ring (bicyclic) bond motifs is 1. The van der Waals surface area contributed by atoms with Gasteiger partial charge >= 0.3 is 0 Å². The summed E-state index contributed by atoms with van der Waals surface area (Å²) in [6.07, 6.45) is 2.38. The zero-order valence-corrected chi connectivity index (χ0v) is 9.80. The second-order valence-corrected chi connectivity index (χ2v) is 4.65. The minimum Gasteiger partial charge on any atom is -0.423 e. The third-order valence-corrected chi connectivity index (χ3v) is 3.41. The number of para-hydroxylation sites is 2. The van der Waals surface area contributed by atoms with Crippen LogP contribution in [0.25, 0.3) is 11.1 Å². The third kappa shape index (κ3) is 2.00. The molecular weight excluding hydrogens is 214 g/mol. The first-order chi connectivity index (χ1) is 8.36. The second kappa shape index (κ2) is 4.37. The number of aromatic nitrogens is 1. The summed E-state index contributed by atoms with van der Waals surface area (Å²) in [4.78, 5) is 6.73. The van der Waals surface area contributed by atoms with Crippen molar-refractivity contribution in [2.75, 3.05) is 24.5 Å². The lowest BCUT2D eigenvalue weighted by Gasteiger charge is -2.30. The van der Waals surface area contributed by atoms with Crippen LogP contribution in [0.15, 0.2) is 28.7 Å². The van der Waals surface area contributed by atoms with Crippen LogP contribution in [0.5, 0.6) is 0 Å². The molecule has 17 heavy (non-hydrogen) atoms. The minimum atomic E-state index is 0.568. The van der Waals surface area contributed by atoms with Crippen LogP contribution in [0.4, 0.5) is 6.01 Å². The minimum absolute atomic E-state index is 0.568. The van der Waals surface area contributed by atoms with Crippen molar-refractivity contribution in [2.45, 2.75) is 12.8 Å². The Morgan fingerprint density at radius 2 is 2.29 bits per heavy atom. The van der Waals surface area contributed by atoms with Crippen molar-refractivity contribution in [1.82, 2.24) is 4.98 Å². The Bertz CT molecular complexity index is 475. The topological polar surface area (TPSA) is 55.3 Å².